The van der Waals surface area contributed by atoms with Crippen molar-refractivity contribution in [1.82, 2.24) is 15.1 Å². The van der Waals surface area contributed by atoms with E-state index < -0.39 is 0 Å². The van der Waals surface area contributed by atoms with Crippen LogP contribution < -0.4 is 5.32 Å². The van der Waals surface area contributed by atoms with Crippen molar-refractivity contribution in [2.45, 2.75) is 25.4 Å². The van der Waals surface area contributed by atoms with E-state index in [1.165, 1.54) is 5.56 Å². The minimum Gasteiger partial charge on any atom is -0.383 e. The maximum absolute atomic E-state index is 12.9. The Kier molecular flexibility index (Phi) is 6.04. The third-order valence-corrected chi connectivity index (χ3v) is 5.11. The Balaban J connectivity index is 1.53. The van der Waals surface area contributed by atoms with Crippen molar-refractivity contribution < 1.29 is 14.3 Å². The van der Waals surface area contributed by atoms with Gasteiger partial charge in [0, 0.05) is 46.3 Å². The molecule has 2 aliphatic heterocycles. The van der Waals surface area contributed by atoms with E-state index in [9.17, 15) is 9.59 Å². The molecule has 2 amide bonds. The smallest absolute Gasteiger partial charge is 0.227 e. The molecule has 6 nitrogen and oxygen atoms in total. The van der Waals surface area contributed by atoms with Crippen LogP contribution in [0.1, 0.15) is 18.4 Å². The lowest BCUT2D eigenvalue weighted by molar-refractivity contribution is -0.142. The second kappa shape index (κ2) is 8.45. The molecule has 2 heterocycles. The van der Waals surface area contributed by atoms with Crippen LogP contribution in [0.3, 0.4) is 0 Å². The maximum Gasteiger partial charge on any atom is 0.227 e. The second-order valence-electron chi connectivity index (χ2n) is 6.86. The Bertz CT molecular complexity index is 585. The molecule has 2 fully saturated rings. The van der Waals surface area contributed by atoms with Gasteiger partial charge in [0.05, 0.1) is 18.6 Å². The summed E-state index contributed by atoms with van der Waals surface area (Å²) < 4.78 is 5.19. The highest BCUT2D eigenvalue weighted by atomic mass is 16.5. The first-order valence-electron chi connectivity index (χ1n) is 9.00. The van der Waals surface area contributed by atoms with Crippen molar-refractivity contribution in [2.75, 3.05) is 39.9 Å². The third kappa shape index (κ3) is 4.58. The maximum atomic E-state index is 12.9. The molecule has 2 saturated heterocycles. The van der Waals surface area contributed by atoms with Crippen molar-refractivity contribution >= 4 is 11.8 Å². The molecule has 0 aliphatic carbocycles. The first-order chi connectivity index (χ1) is 12.2. The van der Waals surface area contributed by atoms with Gasteiger partial charge < -0.3 is 15.0 Å². The summed E-state index contributed by atoms with van der Waals surface area (Å²) in [6.45, 7) is 4.57. The molecule has 136 valence electrons. The molecular weight excluding hydrogens is 318 g/mol. The predicted molar refractivity (Wildman–Crippen MR) is 94.8 cm³/mol. The molecule has 0 unspecified atom stereocenters. The lowest BCUT2D eigenvalue weighted by Gasteiger charge is -2.39. The highest BCUT2D eigenvalue weighted by molar-refractivity contribution is 5.84. The number of amides is 2. The zero-order valence-corrected chi connectivity index (χ0v) is 14.8. The summed E-state index contributed by atoms with van der Waals surface area (Å²) >= 11 is 0. The Morgan fingerprint density at radius 2 is 1.92 bits per heavy atom. The summed E-state index contributed by atoms with van der Waals surface area (Å²) in [6.07, 6.45) is 1.04. The molecule has 1 aromatic rings. The Morgan fingerprint density at radius 3 is 2.60 bits per heavy atom. The summed E-state index contributed by atoms with van der Waals surface area (Å²) in [5.74, 6) is -0.00138. The molecular formula is C19H27N3O3. The minimum absolute atomic E-state index is 0.0128. The molecule has 1 aromatic carbocycles. The van der Waals surface area contributed by atoms with Gasteiger partial charge in [-0.2, -0.15) is 0 Å². The number of piperazine rings is 1. The molecule has 0 radical (unpaired) electrons. The molecule has 2 atom stereocenters. The number of benzene rings is 1. The molecule has 0 bridgehead atoms. The fourth-order valence-corrected chi connectivity index (χ4v) is 3.70. The van der Waals surface area contributed by atoms with Crippen LogP contribution in [-0.4, -0.2) is 67.6 Å². The van der Waals surface area contributed by atoms with Gasteiger partial charge in [-0.05, 0) is 12.0 Å². The molecule has 25 heavy (non-hydrogen) atoms. The number of ether oxygens (including phenoxy) is 1. The van der Waals surface area contributed by atoms with Crippen LogP contribution in [0.15, 0.2) is 30.3 Å². The van der Waals surface area contributed by atoms with E-state index in [-0.39, 0.29) is 23.8 Å². The molecule has 3 rings (SSSR count). The number of nitrogens with zero attached hydrogens (tertiary/aromatic N) is 2. The summed E-state index contributed by atoms with van der Waals surface area (Å²) in [6, 6.07) is 10.2. The van der Waals surface area contributed by atoms with Crippen LogP contribution in [0.25, 0.3) is 0 Å². The topological polar surface area (TPSA) is 61.9 Å². The van der Waals surface area contributed by atoms with Gasteiger partial charge in [0.25, 0.3) is 0 Å². The highest BCUT2D eigenvalue weighted by Crippen LogP contribution is 2.21. The van der Waals surface area contributed by atoms with Gasteiger partial charge >= 0.3 is 0 Å². The number of carbonyl (C=O) groups excluding carboxylic acids is 2. The van der Waals surface area contributed by atoms with Crippen LogP contribution in [0.4, 0.5) is 0 Å². The van der Waals surface area contributed by atoms with Crippen molar-refractivity contribution in [3.8, 4) is 0 Å². The molecule has 1 N–H and O–H groups in total. The zero-order valence-electron chi connectivity index (χ0n) is 14.8. The fraction of sp³-hybridized carbons (Fsp3) is 0.579. The van der Waals surface area contributed by atoms with Gasteiger partial charge in [-0.25, -0.2) is 0 Å². The monoisotopic (exact) mass is 345 g/mol. The first-order valence-corrected chi connectivity index (χ1v) is 9.00. The van der Waals surface area contributed by atoms with E-state index in [2.05, 4.69) is 34.5 Å². The number of carbonyl (C=O) groups is 2. The van der Waals surface area contributed by atoms with E-state index in [1.807, 2.05) is 11.0 Å². The van der Waals surface area contributed by atoms with Crippen molar-refractivity contribution in [2.24, 2.45) is 5.92 Å². The first kappa shape index (κ1) is 17.9. The third-order valence-electron chi connectivity index (χ3n) is 5.11. The van der Waals surface area contributed by atoms with Crippen LogP contribution in [0.5, 0.6) is 0 Å². The lowest BCUT2D eigenvalue weighted by Crippen LogP contribution is -2.56. The molecule has 6 heteroatoms. The largest absolute Gasteiger partial charge is 0.383 e. The summed E-state index contributed by atoms with van der Waals surface area (Å²) in [5, 5.41) is 2.91. The second-order valence-corrected chi connectivity index (χ2v) is 6.86. The van der Waals surface area contributed by atoms with Gasteiger partial charge in [-0.15, -0.1) is 0 Å². The van der Waals surface area contributed by atoms with Gasteiger partial charge in [-0.3, -0.25) is 14.5 Å². The average molecular weight is 345 g/mol. The van der Waals surface area contributed by atoms with E-state index >= 15 is 0 Å². The van der Waals surface area contributed by atoms with Crippen molar-refractivity contribution in [3.05, 3.63) is 35.9 Å². The van der Waals surface area contributed by atoms with Crippen LogP contribution in [0, 0.1) is 5.92 Å². The number of rotatable bonds is 5. The van der Waals surface area contributed by atoms with Crippen LogP contribution in [-0.2, 0) is 20.9 Å². The number of hydrogen-bond acceptors (Lipinski definition) is 4. The summed E-state index contributed by atoms with van der Waals surface area (Å²) in [7, 11) is 1.60. The van der Waals surface area contributed by atoms with Gasteiger partial charge in [0.1, 0.15) is 0 Å². The van der Waals surface area contributed by atoms with Gasteiger partial charge in [0.15, 0.2) is 0 Å². The lowest BCUT2D eigenvalue weighted by atomic mass is 9.89. The van der Waals surface area contributed by atoms with Crippen LogP contribution in [0.2, 0.25) is 0 Å². The summed E-state index contributed by atoms with van der Waals surface area (Å²) in [4.78, 5) is 28.9. The molecule has 2 aliphatic rings. The minimum atomic E-state index is -0.207. The van der Waals surface area contributed by atoms with E-state index in [1.54, 1.807) is 7.11 Å². The molecule has 0 saturated carbocycles. The Labute approximate surface area is 149 Å². The van der Waals surface area contributed by atoms with Crippen molar-refractivity contribution in [1.29, 1.82) is 0 Å². The fourth-order valence-electron chi connectivity index (χ4n) is 3.70. The highest BCUT2D eigenvalue weighted by Gasteiger charge is 2.37. The van der Waals surface area contributed by atoms with E-state index in [0.29, 0.717) is 19.4 Å². The zero-order chi connectivity index (χ0) is 17.6. The van der Waals surface area contributed by atoms with Gasteiger partial charge in [-0.1, -0.05) is 30.3 Å². The Hall–Kier alpha value is -1.92. The number of hydrogen-bond donors (Lipinski definition) is 1. The molecule has 0 spiro atoms. The normalized spacial score (nSPS) is 24.8. The quantitative estimate of drug-likeness (QED) is 0.860. The SMILES string of the molecule is COC[C@H]1NC(=O)CC[C@H]1C(=O)N1CCN(Cc2ccccc2)CC1. The van der Waals surface area contributed by atoms with Crippen molar-refractivity contribution in [3.63, 3.8) is 0 Å². The van der Waals surface area contributed by atoms with E-state index in [4.69, 9.17) is 4.74 Å². The van der Waals surface area contributed by atoms with Gasteiger partial charge in [0.2, 0.25) is 11.8 Å². The molecule has 0 aromatic heterocycles. The number of piperidine rings is 1. The summed E-state index contributed by atoms with van der Waals surface area (Å²) in [5.41, 5.74) is 1.30. The van der Waals surface area contributed by atoms with E-state index in [0.717, 1.165) is 32.7 Å². The number of methoxy groups -OCH3 is 1. The van der Waals surface area contributed by atoms with Crippen LogP contribution >= 0.6 is 0 Å². The Morgan fingerprint density at radius 1 is 1.20 bits per heavy atom. The predicted octanol–water partition coefficient (Wildman–Crippen LogP) is 0.872. The number of nitrogens with one attached hydrogen (secondary N) is 1. The average Bonchev–Trinajstić information content (AvgIpc) is 2.63. The standard InChI is InChI=1S/C19H27N3O3/c1-25-14-17-16(7-8-18(23)20-17)19(24)22-11-9-21(10-12-22)13-15-5-3-2-4-6-15/h2-6,16-17H,7-14H2,1H3,(H,20,23)/t16-,17-/m1/s1.